The Labute approximate surface area is 93.4 Å². The monoisotopic (exact) mass is 215 g/mol. The Morgan fingerprint density at radius 1 is 1.44 bits per heavy atom. The van der Waals surface area contributed by atoms with E-state index in [0.29, 0.717) is 0 Å². The van der Waals surface area contributed by atoms with Crippen LogP contribution in [0.5, 0.6) is 5.75 Å². The summed E-state index contributed by atoms with van der Waals surface area (Å²) >= 11 is 0. The molecule has 1 N–H and O–H groups in total. The minimum absolute atomic E-state index is 0.255. The molecule has 82 valence electrons. The van der Waals surface area contributed by atoms with E-state index in [1.807, 2.05) is 18.2 Å². The number of H-pyrrole nitrogens is 1. The second-order valence-electron chi connectivity index (χ2n) is 4.22. The molecule has 0 amide bonds. The molecule has 1 aromatic heterocycles. The van der Waals surface area contributed by atoms with Crippen LogP contribution in [0.4, 0.5) is 0 Å². The van der Waals surface area contributed by atoms with Crippen molar-refractivity contribution in [2.24, 2.45) is 5.92 Å². The number of benzene rings is 1. The van der Waals surface area contributed by atoms with Gasteiger partial charge in [-0.1, -0.05) is 12.1 Å². The van der Waals surface area contributed by atoms with Crippen LogP contribution in [-0.2, 0) is 0 Å². The van der Waals surface area contributed by atoms with E-state index >= 15 is 0 Å². The molecule has 0 atom stereocenters. The third kappa shape index (κ3) is 1.32. The Morgan fingerprint density at radius 3 is 2.94 bits per heavy atom. The summed E-state index contributed by atoms with van der Waals surface area (Å²) in [5, 5.41) is 0.969. The van der Waals surface area contributed by atoms with Crippen molar-refractivity contribution < 1.29 is 9.53 Å². The number of para-hydroxylation sites is 1. The minimum atomic E-state index is 0.255. The van der Waals surface area contributed by atoms with Crippen molar-refractivity contribution in [2.75, 3.05) is 7.11 Å². The van der Waals surface area contributed by atoms with Crippen molar-refractivity contribution in [1.29, 1.82) is 0 Å². The first kappa shape index (κ1) is 9.46. The summed E-state index contributed by atoms with van der Waals surface area (Å²) < 4.78 is 5.25. The molecule has 0 aliphatic heterocycles. The average Bonchev–Trinajstić information content (AvgIpc) is 3.07. The molecule has 1 aliphatic rings. The summed E-state index contributed by atoms with van der Waals surface area (Å²) in [5.74, 6) is 1.30. The lowest BCUT2D eigenvalue weighted by Gasteiger charge is -2.01. The lowest BCUT2D eigenvalue weighted by Crippen LogP contribution is -1.99. The number of ketones is 1. The normalized spacial score (nSPS) is 15.3. The molecule has 0 saturated heterocycles. The molecule has 16 heavy (non-hydrogen) atoms. The Morgan fingerprint density at radius 2 is 2.25 bits per heavy atom. The van der Waals surface area contributed by atoms with E-state index in [-0.39, 0.29) is 11.7 Å². The van der Waals surface area contributed by atoms with Gasteiger partial charge in [0.15, 0.2) is 5.78 Å². The molecular formula is C13H13NO2. The molecule has 3 nitrogen and oxygen atoms in total. The molecule has 1 aromatic carbocycles. The van der Waals surface area contributed by atoms with Gasteiger partial charge in [0, 0.05) is 23.1 Å². The number of hydrogen-bond donors (Lipinski definition) is 1. The molecule has 0 spiro atoms. The number of aromatic nitrogens is 1. The molecule has 1 heterocycles. The summed E-state index contributed by atoms with van der Waals surface area (Å²) in [6, 6.07) is 5.77. The number of rotatable bonds is 3. The van der Waals surface area contributed by atoms with Crippen molar-refractivity contribution >= 4 is 16.7 Å². The van der Waals surface area contributed by atoms with Gasteiger partial charge in [0.05, 0.1) is 12.6 Å². The topological polar surface area (TPSA) is 42.1 Å². The molecule has 3 rings (SSSR count). The molecule has 2 aromatic rings. The van der Waals surface area contributed by atoms with Crippen molar-refractivity contribution in [3.63, 3.8) is 0 Å². The maximum Gasteiger partial charge on any atom is 0.168 e. The Balaban J connectivity index is 2.16. The quantitative estimate of drug-likeness (QED) is 0.800. The van der Waals surface area contributed by atoms with Crippen LogP contribution in [0.2, 0.25) is 0 Å². The van der Waals surface area contributed by atoms with Gasteiger partial charge in [-0.3, -0.25) is 4.79 Å². The van der Waals surface area contributed by atoms with E-state index in [0.717, 1.165) is 35.1 Å². The highest BCUT2D eigenvalue weighted by molar-refractivity contribution is 6.10. The first-order valence-electron chi connectivity index (χ1n) is 5.49. The SMILES string of the molecule is COc1cccc2c(C(=O)C3CC3)c[nH]c12. The molecular weight excluding hydrogens is 202 g/mol. The Kier molecular flexibility index (Phi) is 1.99. The molecule has 0 radical (unpaired) electrons. The predicted molar refractivity (Wildman–Crippen MR) is 61.9 cm³/mol. The first-order chi connectivity index (χ1) is 7.81. The zero-order valence-corrected chi connectivity index (χ0v) is 9.12. The fraction of sp³-hybridized carbons (Fsp3) is 0.308. The molecule has 0 unspecified atom stereocenters. The number of aromatic amines is 1. The van der Waals surface area contributed by atoms with E-state index in [2.05, 4.69) is 4.98 Å². The maximum atomic E-state index is 12.0. The Bertz CT molecular complexity index is 552. The van der Waals surface area contributed by atoms with Crippen LogP contribution < -0.4 is 4.74 Å². The van der Waals surface area contributed by atoms with Gasteiger partial charge in [0.2, 0.25) is 0 Å². The number of carbonyl (C=O) groups is 1. The van der Waals surface area contributed by atoms with Crippen molar-refractivity contribution in [2.45, 2.75) is 12.8 Å². The number of methoxy groups -OCH3 is 1. The van der Waals surface area contributed by atoms with E-state index in [9.17, 15) is 4.79 Å². The van der Waals surface area contributed by atoms with E-state index < -0.39 is 0 Å². The number of hydrogen-bond acceptors (Lipinski definition) is 2. The number of carbonyl (C=O) groups excluding carboxylic acids is 1. The van der Waals surface area contributed by atoms with Crippen LogP contribution in [0.3, 0.4) is 0 Å². The van der Waals surface area contributed by atoms with Crippen LogP contribution >= 0.6 is 0 Å². The van der Waals surface area contributed by atoms with Gasteiger partial charge in [0.1, 0.15) is 5.75 Å². The Hall–Kier alpha value is -1.77. The zero-order chi connectivity index (χ0) is 11.1. The standard InChI is InChI=1S/C13H13NO2/c1-16-11-4-2-3-9-10(7-14-12(9)11)13(15)8-5-6-8/h2-4,7-8,14H,5-6H2,1H3. The van der Waals surface area contributed by atoms with Gasteiger partial charge in [0.25, 0.3) is 0 Å². The van der Waals surface area contributed by atoms with Gasteiger partial charge >= 0.3 is 0 Å². The molecule has 1 fully saturated rings. The summed E-state index contributed by atoms with van der Waals surface area (Å²) in [6.07, 6.45) is 3.87. The highest BCUT2D eigenvalue weighted by atomic mass is 16.5. The van der Waals surface area contributed by atoms with Crippen LogP contribution in [0.15, 0.2) is 24.4 Å². The summed E-state index contributed by atoms with van der Waals surface area (Å²) in [5.41, 5.74) is 1.71. The van der Waals surface area contributed by atoms with Crippen LogP contribution in [0.1, 0.15) is 23.2 Å². The second-order valence-corrected chi connectivity index (χ2v) is 4.22. The highest BCUT2D eigenvalue weighted by Gasteiger charge is 2.31. The molecule has 1 aliphatic carbocycles. The smallest absolute Gasteiger partial charge is 0.168 e. The van der Waals surface area contributed by atoms with Gasteiger partial charge in [-0.15, -0.1) is 0 Å². The van der Waals surface area contributed by atoms with Crippen molar-refractivity contribution in [1.82, 2.24) is 4.98 Å². The van der Waals surface area contributed by atoms with Crippen LogP contribution in [0.25, 0.3) is 10.9 Å². The summed E-state index contributed by atoms with van der Waals surface area (Å²) in [6.45, 7) is 0. The predicted octanol–water partition coefficient (Wildman–Crippen LogP) is 2.77. The second kappa shape index (κ2) is 3.37. The van der Waals surface area contributed by atoms with Gasteiger partial charge in [-0.05, 0) is 18.9 Å². The largest absolute Gasteiger partial charge is 0.495 e. The van der Waals surface area contributed by atoms with Gasteiger partial charge in [-0.2, -0.15) is 0 Å². The van der Waals surface area contributed by atoms with Crippen molar-refractivity contribution in [3.8, 4) is 5.75 Å². The fourth-order valence-electron chi connectivity index (χ4n) is 2.07. The van der Waals surface area contributed by atoms with E-state index in [1.54, 1.807) is 13.3 Å². The highest BCUT2D eigenvalue weighted by Crippen LogP contribution is 2.36. The lowest BCUT2D eigenvalue weighted by atomic mass is 10.1. The van der Waals surface area contributed by atoms with E-state index in [1.165, 1.54) is 0 Å². The number of nitrogens with one attached hydrogen (secondary N) is 1. The third-order valence-electron chi connectivity index (χ3n) is 3.11. The number of ether oxygens (including phenoxy) is 1. The fourth-order valence-corrected chi connectivity index (χ4v) is 2.07. The third-order valence-corrected chi connectivity index (χ3v) is 3.11. The number of Topliss-reactive ketones (excluding diaryl/α,β-unsaturated/α-hetero) is 1. The summed E-state index contributed by atoms with van der Waals surface area (Å²) in [7, 11) is 1.64. The van der Waals surface area contributed by atoms with Crippen LogP contribution in [-0.4, -0.2) is 17.9 Å². The van der Waals surface area contributed by atoms with Crippen LogP contribution in [0, 0.1) is 5.92 Å². The number of fused-ring (bicyclic) bond motifs is 1. The molecule has 0 bridgehead atoms. The first-order valence-corrected chi connectivity index (χ1v) is 5.49. The minimum Gasteiger partial charge on any atom is -0.495 e. The zero-order valence-electron chi connectivity index (χ0n) is 9.12. The van der Waals surface area contributed by atoms with E-state index in [4.69, 9.17) is 4.74 Å². The lowest BCUT2D eigenvalue weighted by molar-refractivity contribution is 0.0969. The van der Waals surface area contributed by atoms with Gasteiger partial charge < -0.3 is 9.72 Å². The van der Waals surface area contributed by atoms with Crippen molar-refractivity contribution in [3.05, 3.63) is 30.0 Å². The molecule has 1 saturated carbocycles. The molecule has 3 heteroatoms. The average molecular weight is 215 g/mol. The maximum absolute atomic E-state index is 12.0. The summed E-state index contributed by atoms with van der Waals surface area (Å²) in [4.78, 5) is 15.1. The van der Waals surface area contributed by atoms with Gasteiger partial charge in [-0.25, -0.2) is 0 Å².